The molecular formula is C21H15ClF4N2O2. The average Bonchev–Trinajstić information content (AvgIpc) is 2.69. The fourth-order valence-electron chi connectivity index (χ4n) is 2.50. The molecule has 0 unspecified atom stereocenters. The Hall–Kier alpha value is -3.26. The van der Waals surface area contributed by atoms with Crippen molar-refractivity contribution in [3.05, 3.63) is 88.7 Å². The monoisotopic (exact) mass is 438 g/mol. The fraction of sp³-hybridized carbons (Fsp3) is 0.0952. The summed E-state index contributed by atoms with van der Waals surface area (Å²) in [4.78, 5) is 12.1. The summed E-state index contributed by atoms with van der Waals surface area (Å²) in [5.41, 5.74) is 0.110. The van der Waals surface area contributed by atoms with E-state index in [0.717, 1.165) is 17.7 Å². The van der Waals surface area contributed by atoms with E-state index in [-0.39, 0.29) is 18.1 Å². The van der Waals surface area contributed by atoms with Gasteiger partial charge in [0, 0.05) is 11.4 Å². The Bertz CT molecular complexity index is 1020. The molecule has 2 amide bonds. The van der Waals surface area contributed by atoms with Crippen molar-refractivity contribution in [1.29, 1.82) is 0 Å². The first-order valence-electron chi connectivity index (χ1n) is 8.63. The highest BCUT2D eigenvalue weighted by Gasteiger charge is 2.33. The van der Waals surface area contributed by atoms with Gasteiger partial charge in [0.15, 0.2) is 0 Å². The number of anilines is 2. The van der Waals surface area contributed by atoms with E-state index in [1.165, 1.54) is 18.2 Å². The maximum absolute atomic E-state index is 12.9. The van der Waals surface area contributed by atoms with Crippen molar-refractivity contribution in [2.75, 3.05) is 10.6 Å². The number of rotatable bonds is 5. The first-order chi connectivity index (χ1) is 14.2. The Morgan fingerprint density at radius 3 is 2.13 bits per heavy atom. The molecule has 0 aliphatic carbocycles. The van der Waals surface area contributed by atoms with E-state index in [1.807, 2.05) is 0 Å². The molecule has 0 aromatic heterocycles. The minimum atomic E-state index is -4.63. The van der Waals surface area contributed by atoms with Gasteiger partial charge in [-0.3, -0.25) is 0 Å². The van der Waals surface area contributed by atoms with E-state index in [2.05, 4.69) is 10.6 Å². The summed E-state index contributed by atoms with van der Waals surface area (Å²) in [6.07, 6.45) is -4.63. The highest BCUT2D eigenvalue weighted by atomic mass is 35.5. The van der Waals surface area contributed by atoms with Crippen molar-refractivity contribution in [3.8, 4) is 5.75 Å². The Morgan fingerprint density at radius 2 is 1.50 bits per heavy atom. The van der Waals surface area contributed by atoms with Gasteiger partial charge in [0.2, 0.25) is 0 Å². The molecule has 0 saturated carbocycles. The molecule has 0 aliphatic heterocycles. The Balaban J connectivity index is 1.56. The molecule has 3 rings (SSSR count). The lowest BCUT2D eigenvalue weighted by molar-refractivity contribution is -0.137. The van der Waals surface area contributed by atoms with Gasteiger partial charge in [0.25, 0.3) is 0 Å². The van der Waals surface area contributed by atoms with Gasteiger partial charge >= 0.3 is 12.2 Å². The van der Waals surface area contributed by atoms with Crippen LogP contribution < -0.4 is 15.4 Å². The number of carbonyl (C=O) groups excluding carboxylic acids is 1. The van der Waals surface area contributed by atoms with Crippen LogP contribution in [-0.4, -0.2) is 6.03 Å². The summed E-state index contributed by atoms with van der Waals surface area (Å²) in [5.74, 6) is 0.193. The van der Waals surface area contributed by atoms with Gasteiger partial charge in [-0.1, -0.05) is 23.7 Å². The number of carbonyl (C=O) groups is 1. The van der Waals surface area contributed by atoms with E-state index < -0.39 is 22.8 Å². The maximum Gasteiger partial charge on any atom is 0.417 e. The number of urea groups is 1. The third-order valence-electron chi connectivity index (χ3n) is 3.96. The van der Waals surface area contributed by atoms with Crippen LogP contribution in [0.15, 0.2) is 66.7 Å². The second-order valence-electron chi connectivity index (χ2n) is 6.21. The van der Waals surface area contributed by atoms with Crippen LogP contribution in [0.4, 0.5) is 33.7 Å². The number of halogens is 5. The van der Waals surface area contributed by atoms with Gasteiger partial charge in [0.05, 0.1) is 10.6 Å². The van der Waals surface area contributed by atoms with Crippen molar-refractivity contribution in [3.63, 3.8) is 0 Å². The minimum Gasteiger partial charge on any atom is -0.489 e. The van der Waals surface area contributed by atoms with Crippen LogP contribution in [0.2, 0.25) is 5.02 Å². The molecule has 0 aliphatic rings. The minimum absolute atomic E-state index is 0.0523. The molecule has 0 saturated heterocycles. The van der Waals surface area contributed by atoms with Gasteiger partial charge in [-0.25, -0.2) is 9.18 Å². The standard InChI is InChI=1S/C21H15ClF4N2O2/c22-19-10-7-16(11-18(19)21(24,25)26)28-20(29)27-15-5-8-17(9-6-15)30-12-13-1-3-14(23)4-2-13/h1-11H,12H2,(H2,27,28,29). The van der Waals surface area contributed by atoms with Crippen molar-refractivity contribution in [1.82, 2.24) is 0 Å². The molecule has 0 atom stereocenters. The molecular weight excluding hydrogens is 424 g/mol. The maximum atomic E-state index is 12.9. The number of nitrogens with one attached hydrogen (secondary N) is 2. The van der Waals surface area contributed by atoms with Gasteiger partial charge in [-0.2, -0.15) is 13.2 Å². The SMILES string of the molecule is O=C(Nc1ccc(OCc2ccc(F)cc2)cc1)Nc1ccc(Cl)c(C(F)(F)F)c1. The molecule has 156 valence electrons. The highest BCUT2D eigenvalue weighted by molar-refractivity contribution is 6.31. The van der Waals surface area contributed by atoms with Crippen molar-refractivity contribution in [2.45, 2.75) is 12.8 Å². The van der Waals surface area contributed by atoms with Crippen LogP contribution in [0.3, 0.4) is 0 Å². The molecule has 0 fully saturated rings. The highest BCUT2D eigenvalue weighted by Crippen LogP contribution is 2.36. The van der Waals surface area contributed by atoms with E-state index in [0.29, 0.717) is 11.4 Å². The summed E-state index contributed by atoms with van der Waals surface area (Å²) >= 11 is 5.56. The number of amides is 2. The van der Waals surface area contributed by atoms with Gasteiger partial charge < -0.3 is 15.4 Å². The molecule has 9 heteroatoms. The van der Waals surface area contributed by atoms with Crippen LogP contribution in [0.1, 0.15) is 11.1 Å². The summed E-state index contributed by atoms with van der Waals surface area (Å²) in [7, 11) is 0. The Kier molecular flexibility index (Phi) is 6.47. The summed E-state index contributed by atoms with van der Waals surface area (Å²) in [6, 6.07) is 14.6. The quantitative estimate of drug-likeness (QED) is 0.434. The Labute approximate surface area is 174 Å². The topological polar surface area (TPSA) is 50.4 Å². The van der Waals surface area contributed by atoms with Crippen molar-refractivity contribution < 1.29 is 27.1 Å². The zero-order valence-corrected chi connectivity index (χ0v) is 16.0. The number of hydrogen-bond donors (Lipinski definition) is 2. The molecule has 3 aromatic carbocycles. The predicted molar refractivity (Wildman–Crippen MR) is 106 cm³/mol. The predicted octanol–water partition coefficient (Wildman–Crippen LogP) is 6.72. The second-order valence-corrected chi connectivity index (χ2v) is 6.62. The largest absolute Gasteiger partial charge is 0.489 e. The first-order valence-corrected chi connectivity index (χ1v) is 9.00. The van der Waals surface area contributed by atoms with Gasteiger partial charge in [0.1, 0.15) is 18.2 Å². The van der Waals surface area contributed by atoms with E-state index in [9.17, 15) is 22.4 Å². The molecule has 4 nitrogen and oxygen atoms in total. The van der Waals surface area contributed by atoms with Gasteiger partial charge in [-0.15, -0.1) is 0 Å². The lowest BCUT2D eigenvalue weighted by Gasteiger charge is -2.12. The van der Waals surface area contributed by atoms with E-state index in [1.54, 1.807) is 36.4 Å². The third-order valence-corrected chi connectivity index (χ3v) is 4.29. The zero-order valence-electron chi connectivity index (χ0n) is 15.3. The van der Waals surface area contributed by atoms with Crippen LogP contribution in [0, 0.1) is 5.82 Å². The third kappa shape index (κ3) is 5.87. The molecule has 2 N–H and O–H groups in total. The summed E-state index contributed by atoms with van der Waals surface area (Å²) in [6.45, 7) is 0.242. The van der Waals surface area contributed by atoms with Crippen LogP contribution in [-0.2, 0) is 12.8 Å². The number of benzene rings is 3. The van der Waals surface area contributed by atoms with Crippen LogP contribution >= 0.6 is 11.6 Å². The van der Waals surface area contributed by atoms with Crippen LogP contribution in [0.25, 0.3) is 0 Å². The normalized spacial score (nSPS) is 11.1. The van der Waals surface area contributed by atoms with E-state index >= 15 is 0 Å². The molecule has 0 heterocycles. The first kappa shape index (κ1) is 21.4. The molecule has 30 heavy (non-hydrogen) atoms. The summed E-state index contributed by atoms with van der Waals surface area (Å²) in [5, 5.41) is 4.38. The van der Waals surface area contributed by atoms with Crippen molar-refractivity contribution in [2.24, 2.45) is 0 Å². The smallest absolute Gasteiger partial charge is 0.417 e. The Morgan fingerprint density at radius 1 is 0.900 bits per heavy atom. The van der Waals surface area contributed by atoms with Gasteiger partial charge in [-0.05, 0) is 60.2 Å². The molecule has 3 aromatic rings. The lowest BCUT2D eigenvalue weighted by Crippen LogP contribution is -2.19. The molecule has 0 spiro atoms. The van der Waals surface area contributed by atoms with Crippen molar-refractivity contribution >= 4 is 29.0 Å². The number of hydrogen-bond acceptors (Lipinski definition) is 2. The summed E-state index contributed by atoms with van der Waals surface area (Å²) < 4.78 is 57.2. The lowest BCUT2D eigenvalue weighted by atomic mass is 10.2. The fourth-order valence-corrected chi connectivity index (χ4v) is 2.72. The average molecular weight is 439 g/mol. The van der Waals surface area contributed by atoms with Crippen LogP contribution in [0.5, 0.6) is 5.75 Å². The molecule has 0 bridgehead atoms. The number of alkyl halides is 3. The molecule has 0 radical (unpaired) electrons. The van der Waals surface area contributed by atoms with E-state index in [4.69, 9.17) is 16.3 Å². The number of ether oxygens (including phenoxy) is 1. The second kappa shape index (κ2) is 9.04. The zero-order chi connectivity index (χ0) is 21.7.